The van der Waals surface area contributed by atoms with Crippen LogP contribution in [0.1, 0.15) is 0 Å². The van der Waals surface area contributed by atoms with Crippen LogP contribution in [-0.4, -0.2) is 0 Å². The minimum atomic E-state index is 1.27. The Hall–Kier alpha value is -3.12. The molecule has 0 amide bonds. The van der Waals surface area contributed by atoms with Crippen molar-refractivity contribution in [3.8, 4) is 11.1 Å². The largest absolute Gasteiger partial charge is 0.0616 e. The topological polar surface area (TPSA) is 0 Å². The van der Waals surface area contributed by atoms with Crippen LogP contribution in [0.15, 0.2) is 97.1 Å². The summed E-state index contributed by atoms with van der Waals surface area (Å²) in [5.74, 6) is 0. The first kappa shape index (κ1) is 13.3. The Morgan fingerprint density at radius 1 is 0.375 bits per heavy atom. The molecule has 0 aliphatic rings. The lowest BCUT2D eigenvalue weighted by Gasteiger charge is -2.09. The standard InChI is InChI=1S/C24H16/c1-3-9-21-17(6-1)8-5-11-23(21)20-14-15-24-19(16-20)13-12-18-7-2-4-10-22(18)24/h1-16H. The highest BCUT2D eigenvalue weighted by Crippen LogP contribution is 2.33. The van der Waals surface area contributed by atoms with Crippen molar-refractivity contribution >= 4 is 32.3 Å². The minimum Gasteiger partial charge on any atom is -0.0616 e. The Bertz CT molecular complexity index is 1190. The highest BCUT2D eigenvalue weighted by atomic mass is 14.1. The zero-order valence-corrected chi connectivity index (χ0v) is 13.2. The maximum absolute atomic E-state index is 2.31. The average molecular weight is 304 g/mol. The lowest BCUT2D eigenvalue weighted by atomic mass is 9.94. The Morgan fingerprint density at radius 3 is 1.88 bits per heavy atom. The van der Waals surface area contributed by atoms with Crippen LogP contribution in [0, 0.1) is 0 Å². The monoisotopic (exact) mass is 304 g/mol. The molecule has 0 N–H and O–H groups in total. The second-order valence-corrected chi connectivity index (χ2v) is 6.25. The number of fused-ring (bicyclic) bond motifs is 4. The summed E-state index contributed by atoms with van der Waals surface area (Å²) in [6, 6.07) is 35.0. The van der Waals surface area contributed by atoms with Gasteiger partial charge in [0.1, 0.15) is 0 Å². The number of benzene rings is 5. The van der Waals surface area contributed by atoms with Gasteiger partial charge in [0.15, 0.2) is 0 Å². The molecule has 5 aromatic rings. The highest BCUT2D eigenvalue weighted by molar-refractivity contribution is 6.09. The summed E-state index contributed by atoms with van der Waals surface area (Å²) in [6.07, 6.45) is 0. The smallest absolute Gasteiger partial charge is 0.0105 e. The van der Waals surface area contributed by atoms with E-state index >= 15 is 0 Å². The molecular formula is C24H16. The van der Waals surface area contributed by atoms with Gasteiger partial charge in [-0.05, 0) is 49.5 Å². The van der Waals surface area contributed by atoms with Crippen LogP contribution in [0.25, 0.3) is 43.4 Å². The van der Waals surface area contributed by atoms with Gasteiger partial charge >= 0.3 is 0 Å². The van der Waals surface area contributed by atoms with Gasteiger partial charge in [0.2, 0.25) is 0 Å². The summed E-state index contributed by atoms with van der Waals surface area (Å²) in [5, 5.41) is 7.81. The predicted octanol–water partition coefficient (Wildman–Crippen LogP) is 6.81. The molecule has 0 saturated carbocycles. The van der Waals surface area contributed by atoms with E-state index in [9.17, 15) is 0 Å². The molecule has 0 nitrogen and oxygen atoms in total. The van der Waals surface area contributed by atoms with E-state index in [0.29, 0.717) is 0 Å². The van der Waals surface area contributed by atoms with Gasteiger partial charge in [-0.15, -0.1) is 0 Å². The van der Waals surface area contributed by atoms with E-state index in [-0.39, 0.29) is 0 Å². The van der Waals surface area contributed by atoms with Crippen LogP contribution in [0.4, 0.5) is 0 Å². The number of hydrogen-bond donors (Lipinski definition) is 0. The predicted molar refractivity (Wildman–Crippen MR) is 104 cm³/mol. The molecule has 0 aromatic heterocycles. The minimum absolute atomic E-state index is 1.27. The van der Waals surface area contributed by atoms with Crippen LogP contribution in [0.3, 0.4) is 0 Å². The quantitative estimate of drug-likeness (QED) is 0.298. The summed E-state index contributed by atoms with van der Waals surface area (Å²) >= 11 is 0. The van der Waals surface area contributed by atoms with Crippen LogP contribution < -0.4 is 0 Å². The summed E-state index contributed by atoms with van der Waals surface area (Å²) in [7, 11) is 0. The maximum Gasteiger partial charge on any atom is -0.0105 e. The van der Waals surface area contributed by atoms with Crippen molar-refractivity contribution < 1.29 is 0 Å². The second kappa shape index (κ2) is 5.21. The van der Waals surface area contributed by atoms with E-state index in [1.54, 1.807) is 0 Å². The van der Waals surface area contributed by atoms with Crippen molar-refractivity contribution in [2.45, 2.75) is 0 Å². The number of hydrogen-bond acceptors (Lipinski definition) is 0. The Balaban J connectivity index is 1.80. The molecule has 112 valence electrons. The zero-order chi connectivity index (χ0) is 15.9. The molecule has 0 atom stereocenters. The van der Waals surface area contributed by atoms with Crippen molar-refractivity contribution in [3.05, 3.63) is 97.1 Å². The lowest BCUT2D eigenvalue weighted by molar-refractivity contribution is 1.69. The van der Waals surface area contributed by atoms with Crippen molar-refractivity contribution in [1.82, 2.24) is 0 Å². The molecule has 0 heterocycles. The zero-order valence-electron chi connectivity index (χ0n) is 13.2. The third kappa shape index (κ3) is 2.00. The van der Waals surface area contributed by atoms with Crippen molar-refractivity contribution in [2.75, 3.05) is 0 Å². The van der Waals surface area contributed by atoms with Crippen molar-refractivity contribution in [3.63, 3.8) is 0 Å². The fourth-order valence-electron chi connectivity index (χ4n) is 3.66. The van der Waals surface area contributed by atoms with Gasteiger partial charge in [-0.25, -0.2) is 0 Å². The van der Waals surface area contributed by atoms with Gasteiger partial charge in [0.25, 0.3) is 0 Å². The third-order valence-electron chi connectivity index (χ3n) is 4.85. The van der Waals surface area contributed by atoms with Crippen LogP contribution in [0.2, 0.25) is 0 Å². The fourth-order valence-corrected chi connectivity index (χ4v) is 3.66. The molecule has 5 rings (SSSR count). The molecule has 0 fully saturated rings. The van der Waals surface area contributed by atoms with Crippen molar-refractivity contribution in [2.24, 2.45) is 0 Å². The van der Waals surface area contributed by atoms with E-state index in [0.717, 1.165) is 0 Å². The molecule has 0 aliphatic carbocycles. The first-order valence-corrected chi connectivity index (χ1v) is 8.30. The summed E-state index contributed by atoms with van der Waals surface area (Å²) in [5.41, 5.74) is 2.57. The highest BCUT2D eigenvalue weighted by Gasteiger charge is 2.06. The van der Waals surface area contributed by atoms with Crippen LogP contribution in [0.5, 0.6) is 0 Å². The molecule has 0 radical (unpaired) electrons. The van der Waals surface area contributed by atoms with Gasteiger partial charge < -0.3 is 0 Å². The molecular weight excluding hydrogens is 288 g/mol. The molecule has 0 heteroatoms. The second-order valence-electron chi connectivity index (χ2n) is 6.25. The average Bonchev–Trinajstić information content (AvgIpc) is 2.67. The van der Waals surface area contributed by atoms with E-state index in [1.807, 2.05) is 0 Å². The van der Waals surface area contributed by atoms with Gasteiger partial charge in [-0.1, -0.05) is 91.0 Å². The van der Waals surface area contributed by atoms with Crippen LogP contribution >= 0.6 is 0 Å². The molecule has 0 aliphatic heterocycles. The van der Waals surface area contributed by atoms with Gasteiger partial charge in [-0.3, -0.25) is 0 Å². The lowest BCUT2D eigenvalue weighted by Crippen LogP contribution is -1.83. The number of rotatable bonds is 1. The Labute approximate surface area is 141 Å². The van der Waals surface area contributed by atoms with E-state index in [2.05, 4.69) is 97.1 Å². The Morgan fingerprint density at radius 2 is 1.00 bits per heavy atom. The molecule has 24 heavy (non-hydrogen) atoms. The molecule has 0 unspecified atom stereocenters. The fraction of sp³-hybridized carbons (Fsp3) is 0. The van der Waals surface area contributed by atoms with Gasteiger partial charge in [0.05, 0.1) is 0 Å². The maximum atomic E-state index is 2.31. The summed E-state index contributed by atoms with van der Waals surface area (Å²) < 4.78 is 0. The normalized spacial score (nSPS) is 11.3. The third-order valence-corrected chi connectivity index (χ3v) is 4.85. The van der Waals surface area contributed by atoms with E-state index in [4.69, 9.17) is 0 Å². The van der Waals surface area contributed by atoms with Crippen LogP contribution in [-0.2, 0) is 0 Å². The van der Waals surface area contributed by atoms with Gasteiger partial charge in [0, 0.05) is 0 Å². The first-order chi connectivity index (χ1) is 11.9. The van der Waals surface area contributed by atoms with Crippen molar-refractivity contribution in [1.29, 1.82) is 0 Å². The molecule has 0 bridgehead atoms. The van der Waals surface area contributed by atoms with Gasteiger partial charge in [-0.2, -0.15) is 0 Å². The summed E-state index contributed by atoms with van der Waals surface area (Å²) in [4.78, 5) is 0. The first-order valence-electron chi connectivity index (χ1n) is 8.30. The van der Waals surface area contributed by atoms with E-state index in [1.165, 1.54) is 43.4 Å². The van der Waals surface area contributed by atoms with E-state index < -0.39 is 0 Å². The summed E-state index contributed by atoms with van der Waals surface area (Å²) in [6.45, 7) is 0. The molecule has 5 aromatic carbocycles. The SMILES string of the molecule is c1ccc2c(-c3ccc4c(ccc5ccccc54)c3)cccc2c1. The molecule has 0 saturated heterocycles. The molecule has 0 spiro atoms. The Kier molecular flexibility index (Phi) is 2.89.